The number of hydrogen-bond donors (Lipinski definition) is 1. The Kier molecular flexibility index (Phi) is 5.86. The Bertz CT molecular complexity index is 1130. The van der Waals surface area contributed by atoms with E-state index in [1.165, 1.54) is 16.6 Å². The Morgan fingerprint density at radius 1 is 0.900 bits per heavy atom. The van der Waals surface area contributed by atoms with Gasteiger partial charge in [-0.05, 0) is 61.7 Å². The quantitative estimate of drug-likeness (QED) is 0.405. The number of imidazole rings is 1. The second-order valence-corrected chi connectivity index (χ2v) is 7.95. The molecule has 0 saturated heterocycles. The van der Waals surface area contributed by atoms with Crippen LogP contribution in [0.1, 0.15) is 44.2 Å². The predicted octanol–water partition coefficient (Wildman–Crippen LogP) is 6.14. The number of fused-ring (bicyclic) bond motifs is 1. The summed E-state index contributed by atoms with van der Waals surface area (Å²) in [6.07, 6.45) is 0. The molecule has 1 aromatic heterocycles. The van der Waals surface area contributed by atoms with Gasteiger partial charge in [-0.15, -0.1) is 0 Å². The normalized spacial score (nSPS) is 12.4. The number of aromatic nitrogens is 2. The summed E-state index contributed by atoms with van der Waals surface area (Å²) in [5, 5.41) is 3.65. The van der Waals surface area contributed by atoms with Crippen molar-refractivity contribution in [3.05, 3.63) is 84.2 Å². The maximum atomic E-state index is 5.34. The van der Waals surface area contributed by atoms with Crippen LogP contribution in [0.3, 0.4) is 0 Å². The van der Waals surface area contributed by atoms with Crippen molar-refractivity contribution in [3.8, 4) is 16.9 Å². The Balaban J connectivity index is 1.48. The summed E-state index contributed by atoms with van der Waals surface area (Å²) in [5.41, 5.74) is 5.84. The first kappa shape index (κ1) is 20.2. The van der Waals surface area contributed by atoms with Crippen LogP contribution in [-0.4, -0.2) is 16.7 Å². The maximum absolute atomic E-state index is 5.34. The van der Waals surface area contributed by atoms with Crippen molar-refractivity contribution in [2.24, 2.45) is 0 Å². The molecule has 1 heterocycles. The van der Waals surface area contributed by atoms with Gasteiger partial charge in [0.2, 0.25) is 0 Å². The first-order chi connectivity index (χ1) is 14.6. The maximum Gasteiger partial charge on any atom is 0.127 e. The van der Waals surface area contributed by atoms with E-state index < -0.39 is 0 Å². The molecule has 0 unspecified atom stereocenters. The monoisotopic (exact) mass is 399 g/mol. The lowest BCUT2D eigenvalue weighted by Gasteiger charge is -2.19. The summed E-state index contributed by atoms with van der Waals surface area (Å²) in [5.74, 6) is 1.96. The third-order valence-electron chi connectivity index (χ3n) is 5.50. The number of hydrogen-bond acceptors (Lipinski definition) is 3. The zero-order valence-electron chi connectivity index (χ0n) is 18.1. The van der Waals surface area contributed by atoms with Crippen LogP contribution in [0.15, 0.2) is 72.8 Å². The highest BCUT2D eigenvalue weighted by molar-refractivity contribution is 5.76. The molecule has 154 valence electrons. The van der Waals surface area contributed by atoms with Crippen LogP contribution in [0.4, 0.5) is 0 Å². The van der Waals surface area contributed by atoms with Crippen LogP contribution in [0.25, 0.3) is 22.2 Å². The molecule has 1 atom stereocenters. The molecule has 0 aliphatic heterocycles. The molecule has 0 aliphatic carbocycles. The highest BCUT2D eigenvalue weighted by Crippen LogP contribution is 2.26. The van der Waals surface area contributed by atoms with E-state index in [1.54, 1.807) is 7.11 Å². The third kappa shape index (κ3) is 4.10. The van der Waals surface area contributed by atoms with Gasteiger partial charge in [0.05, 0.1) is 24.2 Å². The highest BCUT2D eigenvalue weighted by Gasteiger charge is 2.18. The van der Waals surface area contributed by atoms with Crippen molar-refractivity contribution < 1.29 is 4.74 Å². The highest BCUT2D eigenvalue weighted by atomic mass is 16.5. The predicted molar refractivity (Wildman–Crippen MR) is 124 cm³/mol. The minimum atomic E-state index is 0.151. The molecule has 30 heavy (non-hydrogen) atoms. The first-order valence-corrected chi connectivity index (χ1v) is 10.5. The van der Waals surface area contributed by atoms with Gasteiger partial charge < -0.3 is 14.6 Å². The van der Waals surface area contributed by atoms with Gasteiger partial charge in [0.15, 0.2) is 0 Å². The number of rotatable bonds is 7. The van der Waals surface area contributed by atoms with E-state index >= 15 is 0 Å². The van der Waals surface area contributed by atoms with Gasteiger partial charge in [-0.25, -0.2) is 4.98 Å². The van der Waals surface area contributed by atoms with Gasteiger partial charge in [-0.2, -0.15) is 0 Å². The summed E-state index contributed by atoms with van der Waals surface area (Å²) >= 11 is 0. The minimum Gasteiger partial charge on any atom is -0.497 e. The molecule has 4 aromatic rings. The second kappa shape index (κ2) is 8.72. The molecule has 0 bridgehead atoms. The fraction of sp³-hybridized carbons (Fsp3) is 0.269. The van der Waals surface area contributed by atoms with Crippen LogP contribution in [0.5, 0.6) is 5.75 Å². The number of nitrogens with one attached hydrogen (secondary N) is 1. The fourth-order valence-corrected chi connectivity index (χ4v) is 3.89. The molecule has 4 nitrogen and oxygen atoms in total. The van der Waals surface area contributed by atoms with Gasteiger partial charge in [-0.3, -0.25) is 0 Å². The number of nitrogens with zero attached hydrogens (tertiary/aromatic N) is 2. The van der Waals surface area contributed by atoms with E-state index in [9.17, 15) is 0 Å². The molecular formula is C26H29N3O. The molecule has 1 N–H and O–H groups in total. The molecule has 0 fully saturated rings. The van der Waals surface area contributed by atoms with Gasteiger partial charge in [0.25, 0.3) is 0 Å². The standard InChI is InChI=1S/C26H29N3O/c1-18(2)29-25-11-6-5-10-24(25)28-26(29)19(3)27-17-20-12-14-21(15-13-20)22-8-7-9-23(16-22)30-4/h5-16,18-19,27H,17H2,1-4H3/t19-/m1/s1. The lowest BCUT2D eigenvalue weighted by Crippen LogP contribution is -2.22. The average molecular weight is 400 g/mol. The summed E-state index contributed by atoms with van der Waals surface area (Å²) in [6, 6.07) is 25.7. The van der Waals surface area contributed by atoms with Gasteiger partial charge in [0.1, 0.15) is 11.6 Å². The van der Waals surface area contributed by atoms with Gasteiger partial charge in [-0.1, -0.05) is 48.5 Å². The molecule has 0 spiro atoms. The smallest absolute Gasteiger partial charge is 0.127 e. The summed E-state index contributed by atoms with van der Waals surface area (Å²) in [4.78, 5) is 4.90. The molecule has 0 saturated carbocycles. The second-order valence-electron chi connectivity index (χ2n) is 7.95. The van der Waals surface area contributed by atoms with Crippen molar-refractivity contribution in [2.75, 3.05) is 7.11 Å². The summed E-state index contributed by atoms with van der Waals surface area (Å²) < 4.78 is 7.67. The Hall–Kier alpha value is -3.11. The molecule has 0 radical (unpaired) electrons. The Morgan fingerprint density at radius 3 is 2.40 bits per heavy atom. The zero-order chi connectivity index (χ0) is 21.1. The zero-order valence-corrected chi connectivity index (χ0v) is 18.1. The summed E-state index contributed by atoms with van der Waals surface area (Å²) in [6.45, 7) is 7.40. The lowest BCUT2D eigenvalue weighted by atomic mass is 10.0. The van der Waals surface area contributed by atoms with Crippen molar-refractivity contribution in [2.45, 2.75) is 39.4 Å². The molecule has 0 aliphatic rings. The van der Waals surface area contributed by atoms with Crippen molar-refractivity contribution in [1.29, 1.82) is 0 Å². The van der Waals surface area contributed by atoms with E-state index in [-0.39, 0.29) is 6.04 Å². The third-order valence-corrected chi connectivity index (χ3v) is 5.50. The fourth-order valence-electron chi connectivity index (χ4n) is 3.89. The number of benzene rings is 3. The number of para-hydroxylation sites is 2. The SMILES string of the molecule is COc1cccc(-c2ccc(CN[C@H](C)c3nc4ccccc4n3C(C)C)cc2)c1. The van der Waals surface area contributed by atoms with Crippen molar-refractivity contribution in [3.63, 3.8) is 0 Å². The van der Waals surface area contributed by atoms with Crippen molar-refractivity contribution >= 4 is 11.0 Å². The van der Waals surface area contributed by atoms with Crippen LogP contribution >= 0.6 is 0 Å². The Morgan fingerprint density at radius 2 is 1.67 bits per heavy atom. The largest absolute Gasteiger partial charge is 0.497 e. The molecule has 4 rings (SSSR count). The topological polar surface area (TPSA) is 39.1 Å². The summed E-state index contributed by atoms with van der Waals surface area (Å²) in [7, 11) is 1.70. The van der Waals surface area contributed by atoms with Crippen LogP contribution in [0.2, 0.25) is 0 Å². The van der Waals surface area contributed by atoms with E-state index in [1.807, 2.05) is 18.2 Å². The average Bonchev–Trinajstić information content (AvgIpc) is 3.18. The Labute approximate surface area is 178 Å². The molecule has 3 aromatic carbocycles. The number of methoxy groups -OCH3 is 1. The van der Waals surface area contributed by atoms with E-state index in [0.717, 1.165) is 29.2 Å². The number of ether oxygens (including phenoxy) is 1. The van der Waals surface area contributed by atoms with Crippen molar-refractivity contribution in [1.82, 2.24) is 14.9 Å². The minimum absolute atomic E-state index is 0.151. The van der Waals surface area contributed by atoms with Crippen LogP contribution in [0, 0.1) is 0 Å². The van der Waals surface area contributed by atoms with Gasteiger partial charge >= 0.3 is 0 Å². The molecule has 4 heteroatoms. The van der Waals surface area contributed by atoms with E-state index in [0.29, 0.717) is 6.04 Å². The van der Waals surface area contributed by atoms with Crippen LogP contribution < -0.4 is 10.1 Å². The van der Waals surface area contributed by atoms with E-state index in [4.69, 9.17) is 9.72 Å². The van der Waals surface area contributed by atoms with Gasteiger partial charge in [0, 0.05) is 12.6 Å². The molecule has 0 amide bonds. The van der Waals surface area contributed by atoms with Crippen LogP contribution in [-0.2, 0) is 6.54 Å². The first-order valence-electron chi connectivity index (χ1n) is 10.5. The van der Waals surface area contributed by atoms with E-state index in [2.05, 4.69) is 85.3 Å². The lowest BCUT2D eigenvalue weighted by molar-refractivity contribution is 0.415. The molecular weight excluding hydrogens is 370 g/mol.